The lowest BCUT2D eigenvalue weighted by molar-refractivity contribution is -0.128. The smallest absolute Gasteiger partial charge is 0.274 e. The number of aryl methyl sites for hydroxylation is 1. The molecule has 1 aliphatic heterocycles. The quantitative estimate of drug-likeness (QED) is 0.917. The molecule has 0 unspecified atom stereocenters. The molecule has 2 heterocycles. The lowest BCUT2D eigenvalue weighted by atomic mass is 10.1. The lowest BCUT2D eigenvalue weighted by Crippen LogP contribution is -2.38. The minimum Gasteiger partial charge on any atom is -0.361 e. The number of nitrogens with zero attached hydrogens (tertiary/aromatic N) is 2. The first kappa shape index (κ1) is 15.3. The predicted molar refractivity (Wildman–Crippen MR) is 83.7 cm³/mol. The van der Waals surface area contributed by atoms with Crippen LogP contribution in [0, 0.1) is 6.92 Å². The zero-order chi connectivity index (χ0) is 16.2. The molecule has 23 heavy (non-hydrogen) atoms. The van der Waals surface area contributed by atoms with E-state index in [0.717, 1.165) is 18.5 Å². The molecule has 120 valence electrons. The molecule has 0 saturated carbocycles. The Morgan fingerprint density at radius 3 is 2.78 bits per heavy atom. The van der Waals surface area contributed by atoms with E-state index in [1.54, 1.807) is 17.9 Å². The van der Waals surface area contributed by atoms with Gasteiger partial charge >= 0.3 is 0 Å². The number of benzene rings is 1. The van der Waals surface area contributed by atoms with Crippen molar-refractivity contribution < 1.29 is 14.1 Å². The third-order valence-corrected chi connectivity index (χ3v) is 3.94. The molecule has 0 spiro atoms. The van der Waals surface area contributed by atoms with Gasteiger partial charge < -0.3 is 14.7 Å². The van der Waals surface area contributed by atoms with Crippen molar-refractivity contribution in [2.75, 3.05) is 13.1 Å². The van der Waals surface area contributed by atoms with Gasteiger partial charge in [0.1, 0.15) is 5.76 Å². The lowest BCUT2D eigenvalue weighted by Gasteiger charge is -2.24. The first-order chi connectivity index (χ1) is 11.1. The largest absolute Gasteiger partial charge is 0.361 e. The SMILES string of the molecule is Cc1cc(C(=O)N[C@@H](CN2CCCC2=O)c2ccccc2)no1. The van der Waals surface area contributed by atoms with Crippen LogP contribution in [0.1, 0.15) is 40.7 Å². The van der Waals surface area contributed by atoms with Crippen molar-refractivity contribution in [2.24, 2.45) is 0 Å². The Kier molecular flexibility index (Phi) is 4.41. The summed E-state index contributed by atoms with van der Waals surface area (Å²) < 4.78 is 4.95. The summed E-state index contributed by atoms with van der Waals surface area (Å²) in [6, 6.07) is 11.0. The van der Waals surface area contributed by atoms with Crippen molar-refractivity contribution in [3.63, 3.8) is 0 Å². The summed E-state index contributed by atoms with van der Waals surface area (Å²) in [6.45, 7) is 2.94. The first-order valence-corrected chi connectivity index (χ1v) is 7.70. The van der Waals surface area contributed by atoms with Crippen LogP contribution >= 0.6 is 0 Å². The summed E-state index contributed by atoms with van der Waals surface area (Å²) in [5, 5.41) is 6.70. The van der Waals surface area contributed by atoms with Crippen molar-refractivity contribution in [3.8, 4) is 0 Å². The topological polar surface area (TPSA) is 75.4 Å². The van der Waals surface area contributed by atoms with Crippen LogP contribution in [-0.4, -0.2) is 35.0 Å². The van der Waals surface area contributed by atoms with Crippen LogP contribution in [0.25, 0.3) is 0 Å². The van der Waals surface area contributed by atoms with Gasteiger partial charge in [0.05, 0.1) is 6.04 Å². The zero-order valence-electron chi connectivity index (χ0n) is 13.0. The minimum atomic E-state index is -0.303. The van der Waals surface area contributed by atoms with E-state index in [0.29, 0.717) is 18.7 Å². The van der Waals surface area contributed by atoms with E-state index in [9.17, 15) is 9.59 Å². The fourth-order valence-corrected chi connectivity index (χ4v) is 2.74. The highest BCUT2D eigenvalue weighted by molar-refractivity contribution is 5.92. The van der Waals surface area contributed by atoms with Crippen LogP contribution in [-0.2, 0) is 4.79 Å². The average Bonchev–Trinajstić information content (AvgIpc) is 3.16. The third-order valence-electron chi connectivity index (χ3n) is 3.94. The Balaban J connectivity index is 1.77. The highest BCUT2D eigenvalue weighted by Gasteiger charge is 2.26. The second-order valence-corrected chi connectivity index (χ2v) is 5.70. The number of carbonyl (C=O) groups is 2. The molecule has 0 aliphatic carbocycles. The number of rotatable bonds is 5. The number of aromatic nitrogens is 1. The summed E-state index contributed by atoms with van der Waals surface area (Å²) in [5.74, 6) is 0.418. The molecule has 2 amide bonds. The number of likely N-dealkylation sites (tertiary alicyclic amines) is 1. The molecule has 0 bridgehead atoms. The van der Waals surface area contributed by atoms with E-state index in [-0.39, 0.29) is 23.6 Å². The number of nitrogens with one attached hydrogen (secondary N) is 1. The molecular weight excluding hydrogens is 294 g/mol. The van der Waals surface area contributed by atoms with Crippen LogP contribution < -0.4 is 5.32 Å². The van der Waals surface area contributed by atoms with Crippen molar-refractivity contribution >= 4 is 11.8 Å². The summed E-state index contributed by atoms with van der Waals surface area (Å²) >= 11 is 0. The van der Waals surface area contributed by atoms with Crippen molar-refractivity contribution in [2.45, 2.75) is 25.8 Å². The fourth-order valence-electron chi connectivity index (χ4n) is 2.74. The highest BCUT2D eigenvalue weighted by atomic mass is 16.5. The van der Waals surface area contributed by atoms with E-state index in [2.05, 4.69) is 10.5 Å². The van der Waals surface area contributed by atoms with E-state index in [1.807, 2.05) is 30.3 Å². The second kappa shape index (κ2) is 6.64. The summed E-state index contributed by atoms with van der Waals surface area (Å²) in [6.07, 6.45) is 1.45. The Labute approximate surface area is 134 Å². The maximum atomic E-state index is 12.4. The van der Waals surface area contributed by atoms with Gasteiger partial charge in [-0.25, -0.2) is 0 Å². The zero-order valence-corrected chi connectivity index (χ0v) is 13.0. The minimum absolute atomic E-state index is 0.137. The van der Waals surface area contributed by atoms with Gasteiger partial charge in [0.2, 0.25) is 5.91 Å². The maximum Gasteiger partial charge on any atom is 0.274 e. The summed E-state index contributed by atoms with van der Waals surface area (Å²) in [4.78, 5) is 26.0. The van der Waals surface area contributed by atoms with Gasteiger partial charge in [0, 0.05) is 25.6 Å². The molecule has 1 aliphatic rings. The molecule has 1 saturated heterocycles. The number of hydrogen-bond acceptors (Lipinski definition) is 4. The van der Waals surface area contributed by atoms with Gasteiger partial charge in [-0.05, 0) is 18.9 Å². The van der Waals surface area contributed by atoms with Crippen LogP contribution in [0.15, 0.2) is 40.9 Å². The number of hydrogen-bond donors (Lipinski definition) is 1. The molecule has 6 nitrogen and oxygen atoms in total. The van der Waals surface area contributed by atoms with Gasteiger partial charge in [-0.3, -0.25) is 9.59 Å². The second-order valence-electron chi connectivity index (χ2n) is 5.70. The molecule has 3 rings (SSSR count). The Morgan fingerprint density at radius 2 is 2.17 bits per heavy atom. The van der Waals surface area contributed by atoms with E-state index in [4.69, 9.17) is 4.52 Å². The molecule has 1 aromatic carbocycles. The third kappa shape index (κ3) is 3.59. The molecular formula is C17H19N3O3. The van der Waals surface area contributed by atoms with E-state index >= 15 is 0 Å². The highest BCUT2D eigenvalue weighted by Crippen LogP contribution is 2.19. The summed E-state index contributed by atoms with van der Waals surface area (Å²) in [7, 11) is 0. The first-order valence-electron chi connectivity index (χ1n) is 7.70. The van der Waals surface area contributed by atoms with Crippen molar-refractivity contribution in [1.82, 2.24) is 15.4 Å². The molecule has 1 atom stereocenters. The average molecular weight is 313 g/mol. The van der Waals surface area contributed by atoms with Gasteiger partial charge in [-0.2, -0.15) is 0 Å². The molecule has 6 heteroatoms. The Morgan fingerprint density at radius 1 is 1.39 bits per heavy atom. The standard InChI is InChI=1S/C17H19N3O3/c1-12-10-14(19-23-12)17(22)18-15(13-6-3-2-4-7-13)11-20-9-5-8-16(20)21/h2-4,6-7,10,15H,5,8-9,11H2,1H3,(H,18,22)/t15-/m0/s1. The van der Waals surface area contributed by atoms with Crippen LogP contribution in [0.2, 0.25) is 0 Å². The van der Waals surface area contributed by atoms with Crippen LogP contribution in [0.5, 0.6) is 0 Å². The molecule has 1 N–H and O–H groups in total. The fraction of sp³-hybridized carbons (Fsp3) is 0.353. The maximum absolute atomic E-state index is 12.4. The van der Waals surface area contributed by atoms with Crippen molar-refractivity contribution in [3.05, 3.63) is 53.4 Å². The van der Waals surface area contributed by atoms with Crippen molar-refractivity contribution in [1.29, 1.82) is 0 Å². The van der Waals surface area contributed by atoms with Crippen LogP contribution in [0.4, 0.5) is 0 Å². The van der Waals surface area contributed by atoms with Gasteiger partial charge in [0.25, 0.3) is 5.91 Å². The van der Waals surface area contributed by atoms with Gasteiger partial charge in [-0.1, -0.05) is 35.5 Å². The monoisotopic (exact) mass is 313 g/mol. The van der Waals surface area contributed by atoms with E-state index in [1.165, 1.54) is 0 Å². The Hall–Kier alpha value is -2.63. The predicted octanol–water partition coefficient (Wildman–Crippen LogP) is 2.08. The number of carbonyl (C=O) groups excluding carboxylic acids is 2. The normalized spacial score (nSPS) is 15.7. The molecule has 2 aromatic rings. The number of amides is 2. The molecule has 0 radical (unpaired) electrons. The van der Waals surface area contributed by atoms with Crippen LogP contribution in [0.3, 0.4) is 0 Å². The van der Waals surface area contributed by atoms with Gasteiger partial charge in [0.15, 0.2) is 5.69 Å². The molecule has 1 aromatic heterocycles. The summed E-state index contributed by atoms with van der Waals surface area (Å²) in [5.41, 5.74) is 1.21. The van der Waals surface area contributed by atoms with E-state index < -0.39 is 0 Å². The molecule has 1 fully saturated rings. The van der Waals surface area contributed by atoms with Gasteiger partial charge in [-0.15, -0.1) is 0 Å². The Bertz CT molecular complexity index is 696.